The van der Waals surface area contributed by atoms with Gasteiger partial charge >= 0.3 is 6.03 Å². The largest absolute Gasteiger partial charge is 0.371 e. The van der Waals surface area contributed by atoms with E-state index in [1.165, 1.54) is 6.42 Å². The monoisotopic (exact) mass is 408 g/mol. The van der Waals surface area contributed by atoms with Gasteiger partial charge in [0.2, 0.25) is 0 Å². The van der Waals surface area contributed by atoms with Crippen LogP contribution in [0, 0.1) is 6.92 Å². The Morgan fingerprint density at radius 2 is 1.70 bits per heavy atom. The van der Waals surface area contributed by atoms with Crippen LogP contribution in [0.3, 0.4) is 0 Å². The minimum atomic E-state index is -0.334. The molecule has 0 spiro atoms. The van der Waals surface area contributed by atoms with Gasteiger partial charge in [0.05, 0.1) is 5.56 Å². The van der Waals surface area contributed by atoms with Gasteiger partial charge in [-0.3, -0.25) is 4.79 Å². The molecule has 1 saturated heterocycles. The highest BCUT2D eigenvalue weighted by Gasteiger charge is 2.20. The minimum absolute atomic E-state index is 0.0907. The fourth-order valence-corrected chi connectivity index (χ4v) is 3.63. The average Bonchev–Trinajstić information content (AvgIpc) is 2.74. The second-order valence-electron chi connectivity index (χ2n) is 8.01. The maximum absolute atomic E-state index is 13.0. The number of hydrogen-bond acceptors (Lipinski definition) is 3. The molecule has 0 aliphatic carbocycles. The Hall–Kier alpha value is -3.02. The predicted molar refractivity (Wildman–Crippen MR) is 124 cm³/mol. The standard InChI is InChI=1S/C24H32N4O2/c1-4-18(3)25-23(29)21-16-20(11-12-22(21)28-13-6-5-7-14-28)27-24(30)26-19-10-8-9-17(2)15-19/h8-12,15-16,18H,4-7,13-14H2,1-3H3,(H,25,29)(H2,26,27,30). The van der Waals surface area contributed by atoms with Gasteiger partial charge in [0.25, 0.3) is 5.91 Å². The number of carbonyl (C=O) groups excluding carboxylic acids is 2. The van der Waals surface area contributed by atoms with Crippen LogP contribution in [0.1, 0.15) is 55.5 Å². The molecule has 3 amide bonds. The van der Waals surface area contributed by atoms with Crippen molar-refractivity contribution in [1.82, 2.24) is 5.32 Å². The van der Waals surface area contributed by atoms with Gasteiger partial charge in [-0.25, -0.2) is 4.79 Å². The van der Waals surface area contributed by atoms with Crippen molar-refractivity contribution < 1.29 is 9.59 Å². The number of nitrogens with one attached hydrogen (secondary N) is 3. The molecule has 0 aromatic heterocycles. The molecule has 30 heavy (non-hydrogen) atoms. The van der Waals surface area contributed by atoms with Gasteiger partial charge in [-0.1, -0.05) is 19.1 Å². The van der Waals surface area contributed by atoms with Crippen molar-refractivity contribution >= 4 is 29.0 Å². The molecule has 2 aromatic rings. The SMILES string of the molecule is CCC(C)NC(=O)c1cc(NC(=O)Nc2cccc(C)c2)ccc1N1CCCCC1. The van der Waals surface area contributed by atoms with Crippen molar-refractivity contribution in [3.05, 3.63) is 53.6 Å². The number of anilines is 3. The van der Waals surface area contributed by atoms with E-state index in [4.69, 9.17) is 0 Å². The molecule has 1 unspecified atom stereocenters. The zero-order valence-electron chi connectivity index (χ0n) is 18.1. The fourth-order valence-electron chi connectivity index (χ4n) is 3.63. The van der Waals surface area contributed by atoms with Crippen LogP contribution in [0.4, 0.5) is 21.9 Å². The summed E-state index contributed by atoms with van der Waals surface area (Å²) in [5.41, 5.74) is 3.93. The summed E-state index contributed by atoms with van der Waals surface area (Å²) in [4.78, 5) is 27.7. The Morgan fingerprint density at radius 1 is 1.00 bits per heavy atom. The second-order valence-corrected chi connectivity index (χ2v) is 8.01. The van der Waals surface area contributed by atoms with Crippen molar-refractivity contribution in [3.63, 3.8) is 0 Å². The normalized spacial score (nSPS) is 14.7. The lowest BCUT2D eigenvalue weighted by atomic mass is 10.1. The lowest BCUT2D eigenvalue weighted by Gasteiger charge is -2.31. The minimum Gasteiger partial charge on any atom is -0.371 e. The van der Waals surface area contributed by atoms with Gasteiger partial charge in [-0.05, 0) is 75.4 Å². The highest BCUT2D eigenvalue weighted by atomic mass is 16.2. The van der Waals surface area contributed by atoms with E-state index >= 15 is 0 Å². The molecule has 0 radical (unpaired) electrons. The lowest BCUT2D eigenvalue weighted by molar-refractivity contribution is 0.0939. The second kappa shape index (κ2) is 10.1. The molecule has 6 nitrogen and oxygen atoms in total. The van der Waals surface area contributed by atoms with Crippen molar-refractivity contribution in [1.29, 1.82) is 0 Å². The molecule has 3 rings (SSSR count). The van der Waals surface area contributed by atoms with Crippen LogP contribution in [0.25, 0.3) is 0 Å². The van der Waals surface area contributed by atoms with E-state index in [1.54, 1.807) is 6.07 Å². The summed E-state index contributed by atoms with van der Waals surface area (Å²) < 4.78 is 0. The quantitative estimate of drug-likeness (QED) is 0.618. The number of nitrogens with zero attached hydrogens (tertiary/aromatic N) is 1. The summed E-state index contributed by atoms with van der Waals surface area (Å²) in [6, 6.07) is 13.0. The first-order chi connectivity index (χ1) is 14.5. The molecule has 0 saturated carbocycles. The molecule has 1 aliphatic rings. The van der Waals surface area contributed by atoms with E-state index in [-0.39, 0.29) is 18.0 Å². The Bertz CT molecular complexity index is 891. The van der Waals surface area contributed by atoms with E-state index in [9.17, 15) is 9.59 Å². The van der Waals surface area contributed by atoms with Gasteiger partial charge in [0.15, 0.2) is 0 Å². The van der Waals surface area contributed by atoms with Crippen LogP contribution < -0.4 is 20.9 Å². The zero-order chi connectivity index (χ0) is 21.5. The Balaban J connectivity index is 1.80. The van der Waals surface area contributed by atoms with E-state index in [0.717, 1.165) is 49.3 Å². The van der Waals surface area contributed by atoms with Crippen LogP contribution >= 0.6 is 0 Å². The Kier molecular flexibility index (Phi) is 7.33. The number of aryl methyl sites for hydroxylation is 1. The molecule has 1 aliphatic heterocycles. The number of hydrogen-bond donors (Lipinski definition) is 3. The number of benzene rings is 2. The first-order valence-corrected chi connectivity index (χ1v) is 10.8. The highest BCUT2D eigenvalue weighted by molar-refractivity contribution is 6.04. The van der Waals surface area contributed by atoms with E-state index in [1.807, 2.05) is 57.2 Å². The van der Waals surface area contributed by atoms with Crippen molar-refractivity contribution in [2.24, 2.45) is 0 Å². The number of urea groups is 1. The van der Waals surface area contributed by atoms with Gasteiger partial charge in [-0.2, -0.15) is 0 Å². The van der Waals surface area contributed by atoms with Crippen LogP contribution in [0.5, 0.6) is 0 Å². The third-order valence-corrected chi connectivity index (χ3v) is 5.46. The van der Waals surface area contributed by atoms with E-state index in [2.05, 4.69) is 20.9 Å². The number of amides is 3. The molecule has 2 aromatic carbocycles. The number of piperidine rings is 1. The first-order valence-electron chi connectivity index (χ1n) is 10.8. The van der Waals surface area contributed by atoms with E-state index in [0.29, 0.717) is 11.3 Å². The number of carbonyl (C=O) groups is 2. The maximum Gasteiger partial charge on any atom is 0.323 e. The van der Waals surface area contributed by atoms with Crippen LogP contribution in [0.15, 0.2) is 42.5 Å². The van der Waals surface area contributed by atoms with Crippen molar-refractivity contribution in [2.45, 2.75) is 52.5 Å². The van der Waals surface area contributed by atoms with Gasteiger partial charge in [-0.15, -0.1) is 0 Å². The zero-order valence-corrected chi connectivity index (χ0v) is 18.1. The van der Waals surface area contributed by atoms with Crippen LogP contribution in [-0.4, -0.2) is 31.1 Å². The lowest BCUT2D eigenvalue weighted by Crippen LogP contribution is -2.35. The average molecular weight is 409 g/mol. The molecule has 6 heteroatoms. The Labute approximate surface area is 179 Å². The highest BCUT2D eigenvalue weighted by Crippen LogP contribution is 2.27. The molecular formula is C24H32N4O2. The molecule has 1 atom stereocenters. The topological polar surface area (TPSA) is 73.5 Å². The summed E-state index contributed by atoms with van der Waals surface area (Å²) in [5.74, 6) is -0.104. The smallest absolute Gasteiger partial charge is 0.323 e. The third kappa shape index (κ3) is 5.75. The fraction of sp³-hybridized carbons (Fsp3) is 0.417. The molecule has 160 valence electrons. The van der Waals surface area contributed by atoms with Crippen molar-refractivity contribution in [2.75, 3.05) is 28.6 Å². The Morgan fingerprint density at radius 3 is 2.37 bits per heavy atom. The maximum atomic E-state index is 13.0. The third-order valence-electron chi connectivity index (χ3n) is 5.46. The molecule has 0 bridgehead atoms. The molecule has 1 fully saturated rings. The van der Waals surface area contributed by atoms with Crippen LogP contribution in [0.2, 0.25) is 0 Å². The summed E-state index contributed by atoms with van der Waals surface area (Å²) in [6.45, 7) is 7.92. The van der Waals surface area contributed by atoms with Crippen LogP contribution in [-0.2, 0) is 0 Å². The molecule has 3 N–H and O–H groups in total. The van der Waals surface area contributed by atoms with E-state index < -0.39 is 0 Å². The summed E-state index contributed by atoms with van der Waals surface area (Å²) in [5, 5.41) is 8.75. The molecular weight excluding hydrogens is 376 g/mol. The number of rotatable bonds is 6. The summed E-state index contributed by atoms with van der Waals surface area (Å²) in [6.07, 6.45) is 4.35. The predicted octanol–water partition coefficient (Wildman–Crippen LogP) is 5.16. The summed E-state index contributed by atoms with van der Waals surface area (Å²) >= 11 is 0. The van der Waals surface area contributed by atoms with Gasteiger partial charge < -0.3 is 20.9 Å². The summed E-state index contributed by atoms with van der Waals surface area (Å²) in [7, 11) is 0. The van der Waals surface area contributed by atoms with Crippen molar-refractivity contribution in [3.8, 4) is 0 Å². The van der Waals surface area contributed by atoms with Gasteiger partial charge in [0.1, 0.15) is 0 Å². The first kappa shape index (κ1) is 21.7. The van der Waals surface area contributed by atoms with Gasteiger partial charge in [0, 0.05) is 36.2 Å². The molecule has 1 heterocycles.